The molecule has 4 N–H and O–H groups in total. The van der Waals surface area contributed by atoms with Crippen molar-refractivity contribution in [3.63, 3.8) is 0 Å². The van der Waals surface area contributed by atoms with Gasteiger partial charge in [-0.1, -0.05) is 12.1 Å². The van der Waals surface area contributed by atoms with E-state index in [1.807, 2.05) is 6.92 Å². The molecule has 150 valence electrons. The maximum atomic E-state index is 12.5. The number of rotatable bonds is 8. The summed E-state index contributed by atoms with van der Waals surface area (Å²) in [5, 5.41) is 10.5. The fraction of sp³-hybridized carbons (Fsp3) is 0.222. The summed E-state index contributed by atoms with van der Waals surface area (Å²) in [7, 11) is -3.77. The molecule has 0 bridgehead atoms. The molecule has 0 spiro atoms. The van der Waals surface area contributed by atoms with Gasteiger partial charge < -0.3 is 14.8 Å². The Morgan fingerprint density at radius 3 is 2.43 bits per heavy atom. The number of carbonyl (C=O) groups excluding carboxylic acids is 1. The number of nitrogens with two attached hydrogens (primary N) is 1. The molecule has 28 heavy (non-hydrogen) atoms. The van der Waals surface area contributed by atoms with Crippen LogP contribution < -0.4 is 20.5 Å². The van der Waals surface area contributed by atoms with E-state index < -0.39 is 15.9 Å². The molecule has 10 heteroatoms. The highest BCUT2D eigenvalue weighted by Gasteiger charge is 2.14. The van der Waals surface area contributed by atoms with Gasteiger partial charge >= 0.3 is 0 Å². The van der Waals surface area contributed by atoms with E-state index in [0.29, 0.717) is 36.8 Å². The zero-order valence-electron chi connectivity index (χ0n) is 15.2. The number of carbonyl (C=O) groups is 1. The number of hydrogen-bond donors (Lipinski definition) is 3. The lowest BCUT2D eigenvalue weighted by molar-refractivity contribution is 0.0958. The molecule has 1 amide bonds. The van der Waals surface area contributed by atoms with Gasteiger partial charge in [0.05, 0.1) is 17.1 Å². The number of amides is 1. The number of hydrogen-bond acceptors (Lipinski definition) is 6. The molecule has 0 unspecified atom stereocenters. The summed E-state index contributed by atoms with van der Waals surface area (Å²) in [4.78, 5) is 12.5. The first-order valence-corrected chi connectivity index (χ1v) is 10.3. The Bertz CT molecular complexity index is 930. The van der Waals surface area contributed by atoms with Gasteiger partial charge in [-0.15, -0.1) is 0 Å². The normalized spacial score (nSPS) is 10.9. The summed E-state index contributed by atoms with van der Waals surface area (Å²) in [6.45, 7) is 3.21. The van der Waals surface area contributed by atoms with Crippen LogP contribution >= 0.6 is 12.2 Å². The second kappa shape index (κ2) is 10.1. The predicted molar refractivity (Wildman–Crippen MR) is 110 cm³/mol. The van der Waals surface area contributed by atoms with Gasteiger partial charge in [-0.05, 0) is 55.5 Å². The Kier molecular flexibility index (Phi) is 7.88. The van der Waals surface area contributed by atoms with Crippen molar-refractivity contribution in [2.45, 2.75) is 11.8 Å². The van der Waals surface area contributed by atoms with E-state index in [4.69, 9.17) is 26.8 Å². The van der Waals surface area contributed by atoms with Gasteiger partial charge in [0.25, 0.3) is 5.91 Å². The average molecular weight is 424 g/mol. The highest BCUT2D eigenvalue weighted by atomic mass is 32.2. The molecule has 2 aromatic carbocycles. The Labute approximate surface area is 169 Å². The molecular formula is C18H21N3O5S2. The summed E-state index contributed by atoms with van der Waals surface area (Å²) in [6.07, 6.45) is 0. The number of benzene rings is 2. The zero-order valence-corrected chi connectivity index (χ0v) is 16.8. The SMILES string of the molecule is CCOCCOc1ccccc1C(=O)NC(=S)Nc1ccc(S(N)(=O)=O)cc1. The smallest absolute Gasteiger partial charge is 0.261 e. The third-order valence-electron chi connectivity index (χ3n) is 3.49. The van der Waals surface area contributed by atoms with Gasteiger partial charge in [0.15, 0.2) is 5.11 Å². The van der Waals surface area contributed by atoms with Gasteiger partial charge in [-0.25, -0.2) is 13.6 Å². The third kappa shape index (κ3) is 6.57. The monoisotopic (exact) mass is 423 g/mol. The molecule has 0 aliphatic carbocycles. The van der Waals surface area contributed by atoms with E-state index in [2.05, 4.69) is 10.6 Å². The molecule has 8 nitrogen and oxygen atoms in total. The van der Waals surface area contributed by atoms with Crippen molar-refractivity contribution in [1.82, 2.24) is 5.32 Å². The van der Waals surface area contributed by atoms with E-state index in [1.165, 1.54) is 24.3 Å². The van der Waals surface area contributed by atoms with Crippen molar-refractivity contribution in [3.05, 3.63) is 54.1 Å². The molecule has 0 aliphatic heterocycles. The standard InChI is InChI=1S/C18H21N3O5S2/c1-2-25-11-12-26-16-6-4-3-5-15(16)17(22)21-18(27)20-13-7-9-14(10-8-13)28(19,23)24/h3-10H,2,11-12H2,1H3,(H2,19,23,24)(H2,20,21,22,27). The van der Waals surface area contributed by atoms with E-state index >= 15 is 0 Å². The van der Waals surface area contributed by atoms with Gasteiger partial charge in [0.2, 0.25) is 10.0 Å². The molecule has 0 saturated heterocycles. The van der Waals surface area contributed by atoms with Crippen molar-refractivity contribution >= 4 is 38.9 Å². The largest absolute Gasteiger partial charge is 0.490 e. The molecule has 0 saturated carbocycles. The quantitative estimate of drug-likeness (QED) is 0.438. The van der Waals surface area contributed by atoms with Crippen molar-refractivity contribution < 1.29 is 22.7 Å². The fourth-order valence-corrected chi connectivity index (χ4v) is 2.92. The minimum absolute atomic E-state index is 0.0221. The fourth-order valence-electron chi connectivity index (χ4n) is 2.20. The zero-order chi connectivity index (χ0) is 20.6. The van der Waals surface area contributed by atoms with Crippen LogP contribution in [-0.4, -0.2) is 39.3 Å². The summed E-state index contributed by atoms with van der Waals surface area (Å²) >= 11 is 5.14. The maximum Gasteiger partial charge on any atom is 0.261 e. The highest BCUT2D eigenvalue weighted by Crippen LogP contribution is 2.18. The van der Waals surface area contributed by atoms with Crippen LogP contribution in [0.4, 0.5) is 5.69 Å². The van der Waals surface area contributed by atoms with Crippen LogP contribution in [0.5, 0.6) is 5.75 Å². The molecular weight excluding hydrogens is 402 g/mol. The van der Waals surface area contributed by atoms with Crippen molar-refractivity contribution in [1.29, 1.82) is 0 Å². The summed E-state index contributed by atoms with van der Waals surface area (Å²) < 4.78 is 33.3. The number of thiocarbonyl (C=S) groups is 1. The Hall–Kier alpha value is -2.53. The lowest BCUT2D eigenvalue weighted by Gasteiger charge is -2.13. The van der Waals surface area contributed by atoms with Crippen LogP contribution in [0.2, 0.25) is 0 Å². The van der Waals surface area contributed by atoms with Crippen LogP contribution in [0.1, 0.15) is 17.3 Å². The number of sulfonamides is 1. The van der Waals surface area contributed by atoms with Gasteiger partial charge in [-0.3, -0.25) is 10.1 Å². The van der Waals surface area contributed by atoms with Gasteiger partial charge in [-0.2, -0.15) is 0 Å². The molecule has 0 aromatic heterocycles. The van der Waals surface area contributed by atoms with Crippen molar-refractivity contribution in [2.24, 2.45) is 5.14 Å². The second-order valence-corrected chi connectivity index (χ2v) is 7.49. The highest BCUT2D eigenvalue weighted by molar-refractivity contribution is 7.89. The number of nitrogens with one attached hydrogen (secondary N) is 2. The molecule has 2 aromatic rings. The van der Waals surface area contributed by atoms with E-state index in [1.54, 1.807) is 24.3 Å². The van der Waals surface area contributed by atoms with Crippen LogP contribution in [0.25, 0.3) is 0 Å². The molecule has 2 rings (SSSR count). The topological polar surface area (TPSA) is 120 Å². The van der Waals surface area contributed by atoms with Crippen molar-refractivity contribution in [3.8, 4) is 5.75 Å². The molecule has 0 atom stereocenters. The molecule has 0 fully saturated rings. The van der Waals surface area contributed by atoms with Crippen LogP contribution in [0.15, 0.2) is 53.4 Å². The minimum atomic E-state index is -3.77. The first-order chi connectivity index (χ1) is 13.3. The summed E-state index contributed by atoms with van der Waals surface area (Å²) in [5.41, 5.74) is 0.826. The third-order valence-corrected chi connectivity index (χ3v) is 4.62. The van der Waals surface area contributed by atoms with E-state index in [9.17, 15) is 13.2 Å². The lowest BCUT2D eigenvalue weighted by atomic mass is 10.2. The maximum absolute atomic E-state index is 12.5. The summed E-state index contributed by atoms with van der Waals surface area (Å²) in [5.74, 6) is -0.0225. The first-order valence-electron chi connectivity index (χ1n) is 8.36. The second-order valence-electron chi connectivity index (χ2n) is 5.52. The number of ether oxygens (including phenoxy) is 2. The van der Waals surface area contributed by atoms with Gasteiger partial charge in [0, 0.05) is 12.3 Å². The Morgan fingerprint density at radius 2 is 1.79 bits per heavy atom. The summed E-state index contributed by atoms with van der Waals surface area (Å²) in [6, 6.07) is 12.4. The van der Waals surface area contributed by atoms with Crippen molar-refractivity contribution in [2.75, 3.05) is 25.1 Å². The molecule has 0 heterocycles. The van der Waals surface area contributed by atoms with Crippen LogP contribution in [0, 0.1) is 0 Å². The minimum Gasteiger partial charge on any atom is -0.490 e. The number of primary sulfonamides is 1. The van der Waals surface area contributed by atoms with Crippen LogP contribution in [0.3, 0.4) is 0 Å². The van der Waals surface area contributed by atoms with E-state index in [-0.39, 0.29) is 10.0 Å². The molecule has 0 radical (unpaired) electrons. The number of para-hydroxylation sites is 1. The lowest BCUT2D eigenvalue weighted by Crippen LogP contribution is -2.34. The number of anilines is 1. The predicted octanol–water partition coefficient (Wildman–Crippen LogP) is 1.88. The molecule has 0 aliphatic rings. The first kappa shape index (κ1) is 21.8. The van der Waals surface area contributed by atoms with Gasteiger partial charge in [0.1, 0.15) is 12.4 Å². The average Bonchev–Trinajstić information content (AvgIpc) is 2.65. The van der Waals surface area contributed by atoms with E-state index in [0.717, 1.165) is 0 Å². The Morgan fingerprint density at radius 1 is 1.11 bits per heavy atom. The Balaban J connectivity index is 1.98. The van der Waals surface area contributed by atoms with Crippen LogP contribution in [-0.2, 0) is 14.8 Å².